The third kappa shape index (κ3) is 7.60. The average Bonchev–Trinajstić information content (AvgIpc) is 2.31. The third-order valence-electron chi connectivity index (χ3n) is 1.26. The summed E-state index contributed by atoms with van der Waals surface area (Å²) >= 11 is 0. The van der Waals surface area contributed by atoms with Crippen LogP contribution in [0.5, 0.6) is 0 Å². The Labute approximate surface area is 79.2 Å². The van der Waals surface area contributed by atoms with Crippen LogP contribution in [0.25, 0.3) is 0 Å². The average molecular weight is 213 g/mol. The van der Waals surface area contributed by atoms with Crippen LogP contribution in [0.1, 0.15) is 13.1 Å². The highest BCUT2D eigenvalue weighted by Crippen LogP contribution is 2.06. The fraction of sp³-hybridized carbons (Fsp3) is 0.500. The van der Waals surface area contributed by atoms with Crippen molar-refractivity contribution in [1.82, 2.24) is 4.57 Å². The molecule has 0 fully saturated rings. The van der Waals surface area contributed by atoms with E-state index >= 15 is 0 Å². The van der Waals surface area contributed by atoms with E-state index < -0.39 is 7.25 Å². The highest BCUT2D eigenvalue weighted by Gasteiger charge is 2.20. The minimum Gasteiger partial charge on any atom is -0.418 e. The minimum atomic E-state index is -6.00. The maximum Gasteiger partial charge on any atom is 0.673 e. The zero-order chi connectivity index (χ0) is 11.4. The van der Waals surface area contributed by atoms with Crippen LogP contribution in [0, 0.1) is 0 Å². The Morgan fingerprint density at radius 1 is 1.36 bits per heavy atom. The summed E-state index contributed by atoms with van der Waals surface area (Å²) in [6, 6.07) is 0. The second-order valence-electron chi connectivity index (χ2n) is 2.76. The van der Waals surface area contributed by atoms with E-state index in [-0.39, 0.29) is 6.17 Å². The van der Waals surface area contributed by atoms with Crippen molar-refractivity contribution in [3.05, 3.63) is 18.7 Å². The van der Waals surface area contributed by atoms with E-state index in [1.165, 1.54) is 0 Å². The standard InChI is InChI=1S/C6H12N3.BF4/c1-6(7)9-4-3-8(2)5-9;2-1(3,4)5/h3-6H,7H2,1-2H3;/q+1;-1. The fourth-order valence-electron chi connectivity index (χ4n) is 0.710. The molecule has 0 bridgehead atoms. The predicted octanol–water partition coefficient (Wildman–Crippen LogP) is 1.09. The van der Waals surface area contributed by atoms with Crippen LogP contribution >= 0.6 is 0 Å². The number of aromatic nitrogens is 2. The van der Waals surface area contributed by atoms with E-state index in [9.17, 15) is 17.3 Å². The monoisotopic (exact) mass is 213 g/mol. The van der Waals surface area contributed by atoms with Gasteiger partial charge in [0.2, 0.25) is 6.33 Å². The maximum absolute atomic E-state index is 9.75. The van der Waals surface area contributed by atoms with E-state index in [0.29, 0.717) is 0 Å². The van der Waals surface area contributed by atoms with Crippen molar-refractivity contribution in [2.75, 3.05) is 0 Å². The summed E-state index contributed by atoms with van der Waals surface area (Å²) in [6.45, 7) is 1.94. The molecule has 0 amide bonds. The van der Waals surface area contributed by atoms with Gasteiger partial charge in [0, 0.05) is 0 Å². The van der Waals surface area contributed by atoms with E-state index in [0.717, 1.165) is 0 Å². The Balaban J connectivity index is 0.000000292. The van der Waals surface area contributed by atoms with E-state index in [1.54, 1.807) is 0 Å². The first-order chi connectivity index (χ1) is 6.20. The van der Waals surface area contributed by atoms with Gasteiger partial charge in [-0.05, 0) is 6.92 Å². The largest absolute Gasteiger partial charge is 0.673 e. The van der Waals surface area contributed by atoms with Crippen LogP contribution < -0.4 is 10.3 Å². The number of rotatable bonds is 1. The van der Waals surface area contributed by atoms with Crippen molar-refractivity contribution in [3.8, 4) is 0 Å². The molecule has 82 valence electrons. The molecule has 3 nitrogen and oxygen atoms in total. The van der Waals surface area contributed by atoms with Gasteiger partial charge in [0.25, 0.3) is 0 Å². The van der Waals surface area contributed by atoms with Crippen LogP contribution in [0.4, 0.5) is 17.3 Å². The van der Waals surface area contributed by atoms with E-state index in [2.05, 4.69) is 0 Å². The Kier molecular flexibility index (Phi) is 4.62. The number of hydrogen-bond donors (Lipinski definition) is 1. The number of nitrogens with zero attached hydrogens (tertiary/aromatic N) is 2. The minimum absolute atomic E-state index is 0.0752. The summed E-state index contributed by atoms with van der Waals surface area (Å²) in [5.41, 5.74) is 5.58. The lowest BCUT2D eigenvalue weighted by Gasteiger charge is -1.96. The Hall–Kier alpha value is -1.05. The van der Waals surface area contributed by atoms with Gasteiger partial charge in [0.15, 0.2) is 0 Å². The molecule has 1 aromatic heterocycles. The molecule has 0 aromatic carbocycles. The number of nitrogens with two attached hydrogens (primary N) is 1. The van der Waals surface area contributed by atoms with Gasteiger partial charge in [-0.25, -0.2) is 9.13 Å². The highest BCUT2D eigenvalue weighted by atomic mass is 19.5. The molecule has 1 rings (SSSR count). The molecule has 1 heterocycles. The van der Waals surface area contributed by atoms with Crippen LogP contribution in [-0.2, 0) is 7.05 Å². The fourth-order valence-corrected chi connectivity index (χ4v) is 0.710. The molecule has 0 spiro atoms. The molecule has 2 N–H and O–H groups in total. The van der Waals surface area contributed by atoms with Gasteiger partial charge >= 0.3 is 7.25 Å². The Bertz CT molecular complexity index is 264. The van der Waals surface area contributed by atoms with E-state index in [1.807, 2.05) is 41.8 Å². The lowest BCUT2D eigenvalue weighted by atomic mass is 10.3. The van der Waals surface area contributed by atoms with Gasteiger partial charge < -0.3 is 17.3 Å². The van der Waals surface area contributed by atoms with E-state index in [4.69, 9.17) is 5.73 Å². The molecule has 0 aliphatic heterocycles. The molecule has 14 heavy (non-hydrogen) atoms. The lowest BCUT2D eigenvalue weighted by molar-refractivity contribution is -0.718. The van der Waals surface area contributed by atoms with Gasteiger partial charge in [-0.3, -0.25) is 5.73 Å². The lowest BCUT2D eigenvalue weighted by Crippen LogP contribution is -2.40. The second-order valence-corrected chi connectivity index (χ2v) is 2.76. The summed E-state index contributed by atoms with van der Waals surface area (Å²) in [5.74, 6) is 0. The number of imidazole rings is 1. The molecule has 1 unspecified atom stereocenters. The molecule has 0 radical (unpaired) electrons. The molecule has 0 aliphatic carbocycles. The van der Waals surface area contributed by atoms with Gasteiger partial charge in [-0.2, -0.15) is 0 Å². The maximum atomic E-state index is 9.75. The van der Waals surface area contributed by atoms with Gasteiger partial charge in [0.05, 0.1) is 7.05 Å². The summed E-state index contributed by atoms with van der Waals surface area (Å²) < 4.78 is 42.9. The highest BCUT2D eigenvalue weighted by molar-refractivity contribution is 6.50. The molecule has 0 saturated heterocycles. The Morgan fingerprint density at radius 2 is 1.79 bits per heavy atom. The topological polar surface area (TPSA) is 34.8 Å². The number of halogens is 4. The molecule has 1 aromatic rings. The summed E-state index contributed by atoms with van der Waals surface area (Å²) in [6.07, 6.45) is 5.94. The normalized spacial score (nSPS) is 13.1. The van der Waals surface area contributed by atoms with Crippen molar-refractivity contribution in [1.29, 1.82) is 0 Å². The van der Waals surface area contributed by atoms with Crippen molar-refractivity contribution >= 4 is 7.25 Å². The molecule has 0 saturated carbocycles. The van der Waals surface area contributed by atoms with Gasteiger partial charge in [-0.1, -0.05) is 0 Å². The van der Waals surface area contributed by atoms with Crippen molar-refractivity contribution in [3.63, 3.8) is 0 Å². The molecule has 1 atom stereocenters. The van der Waals surface area contributed by atoms with Crippen molar-refractivity contribution in [2.24, 2.45) is 12.8 Å². The number of aryl methyl sites for hydroxylation is 1. The Morgan fingerprint density at radius 3 is 1.93 bits per heavy atom. The quantitative estimate of drug-likeness (QED) is 0.423. The zero-order valence-electron chi connectivity index (χ0n) is 7.87. The van der Waals surface area contributed by atoms with Gasteiger partial charge in [0.1, 0.15) is 18.6 Å². The SMILES string of the molecule is CC(N)[n+]1ccn(C)c1.F[B-](F)(F)F. The van der Waals surface area contributed by atoms with Gasteiger partial charge in [-0.15, -0.1) is 0 Å². The predicted molar refractivity (Wildman–Crippen MR) is 44.7 cm³/mol. The van der Waals surface area contributed by atoms with Crippen molar-refractivity contribution in [2.45, 2.75) is 13.1 Å². The zero-order valence-corrected chi connectivity index (χ0v) is 7.87. The third-order valence-corrected chi connectivity index (χ3v) is 1.26. The van der Waals surface area contributed by atoms with Crippen LogP contribution in [0.15, 0.2) is 18.7 Å². The second kappa shape index (κ2) is 4.99. The summed E-state index contributed by atoms with van der Waals surface area (Å²) in [5, 5.41) is 0. The number of hydrogen-bond acceptors (Lipinski definition) is 1. The molecule has 0 aliphatic rings. The first kappa shape index (κ1) is 13.0. The molecule has 8 heteroatoms. The van der Waals surface area contributed by atoms with Crippen LogP contribution in [-0.4, -0.2) is 11.8 Å². The summed E-state index contributed by atoms with van der Waals surface area (Å²) in [7, 11) is -4.03. The molecular weight excluding hydrogens is 201 g/mol. The molecular formula is C6H12BF4N3. The van der Waals surface area contributed by atoms with Crippen LogP contribution in [0.2, 0.25) is 0 Å². The van der Waals surface area contributed by atoms with Crippen molar-refractivity contribution < 1.29 is 21.8 Å². The van der Waals surface area contributed by atoms with Crippen LogP contribution in [0.3, 0.4) is 0 Å². The smallest absolute Gasteiger partial charge is 0.418 e. The first-order valence-electron chi connectivity index (χ1n) is 3.86. The summed E-state index contributed by atoms with van der Waals surface area (Å²) in [4.78, 5) is 0. The first-order valence-corrected chi connectivity index (χ1v) is 3.86.